The number of aryl methyl sites for hydroxylation is 1. The predicted molar refractivity (Wildman–Crippen MR) is 64.4 cm³/mol. The van der Waals surface area contributed by atoms with Crippen molar-refractivity contribution in [2.45, 2.75) is 32.0 Å². The van der Waals surface area contributed by atoms with E-state index in [4.69, 9.17) is 5.11 Å². The van der Waals surface area contributed by atoms with Gasteiger partial charge in [-0.05, 0) is 31.0 Å². The Labute approximate surface area is 112 Å². The molecule has 0 atom stereocenters. The van der Waals surface area contributed by atoms with Crippen LogP contribution in [0.1, 0.15) is 29.6 Å². The zero-order valence-electron chi connectivity index (χ0n) is 10.4. The number of benzene rings is 1. The number of carbonyl (C=O) groups is 1. The topological polar surface area (TPSA) is 68.0 Å². The van der Waals surface area contributed by atoms with Gasteiger partial charge in [-0.2, -0.15) is 13.2 Å². The number of hydrogen-bond acceptors (Lipinski definition) is 3. The quantitative estimate of drug-likeness (QED) is 0.859. The van der Waals surface area contributed by atoms with Crippen molar-refractivity contribution >= 4 is 17.0 Å². The lowest BCUT2D eigenvalue weighted by molar-refractivity contribution is -0.135. The molecule has 0 saturated heterocycles. The van der Waals surface area contributed by atoms with Crippen LogP contribution in [0.4, 0.5) is 13.2 Å². The van der Waals surface area contributed by atoms with E-state index in [1.54, 1.807) is 0 Å². The first-order chi connectivity index (χ1) is 9.37. The fourth-order valence-electron chi connectivity index (χ4n) is 1.85. The van der Waals surface area contributed by atoms with Gasteiger partial charge in [-0.1, -0.05) is 5.21 Å². The zero-order valence-corrected chi connectivity index (χ0v) is 10.4. The van der Waals surface area contributed by atoms with E-state index < -0.39 is 18.6 Å². The summed E-state index contributed by atoms with van der Waals surface area (Å²) in [7, 11) is 0. The summed E-state index contributed by atoms with van der Waals surface area (Å²) >= 11 is 0. The van der Waals surface area contributed by atoms with Gasteiger partial charge in [0.05, 0.1) is 11.1 Å². The summed E-state index contributed by atoms with van der Waals surface area (Å²) in [6, 6.07) is 4.35. The third-order valence-corrected chi connectivity index (χ3v) is 2.84. The number of carboxylic acids is 1. The molecule has 0 radical (unpaired) electrons. The molecule has 0 bridgehead atoms. The van der Waals surface area contributed by atoms with Crippen molar-refractivity contribution in [3.05, 3.63) is 23.8 Å². The minimum atomic E-state index is -4.15. The Balaban J connectivity index is 2.06. The van der Waals surface area contributed by atoms with E-state index in [9.17, 15) is 18.0 Å². The molecule has 0 spiro atoms. The van der Waals surface area contributed by atoms with Crippen LogP contribution in [-0.4, -0.2) is 32.2 Å². The van der Waals surface area contributed by atoms with Crippen molar-refractivity contribution in [3.8, 4) is 0 Å². The number of hydrogen-bond donors (Lipinski definition) is 1. The molecule has 1 aromatic carbocycles. The molecular formula is C12H12F3N3O2. The maximum absolute atomic E-state index is 12.0. The van der Waals surface area contributed by atoms with Gasteiger partial charge in [0.25, 0.3) is 0 Å². The highest BCUT2D eigenvalue weighted by Gasteiger charge is 2.25. The Morgan fingerprint density at radius 3 is 2.70 bits per heavy atom. The van der Waals surface area contributed by atoms with Crippen molar-refractivity contribution in [1.29, 1.82) is 0 Å². The number of alkyl halides is 3. The molecule has 20 heavy (non-hydrogen) atoms. The van der Waals surface area contributed by atoms with E-state index in [0.717, 1.165) is 0 Å². The van der Waals surface area contributed by atoms with E-state index in [2.05, 4.69) is 10.3 Å². The zero-order chi connectivity index (χ0) is 14.8. The summed E-state index contributed by atoms with van der Waals surface area (Å²) < 4.78 is 37.5. The SMILES string of the molecule is O=C(O)c1ccc2nnn(CCCCC(F)(F)F)c2c1. The number of aromatic carboxylic acids is 1. The van der Waals surface area contributed by atoms with E-state index in [-0.39, 0.29) is 18.5 Å². The van der Waals surface area contributed by atoms with Crippen molar-refractivity contribution < 1.29 is 23.1 Å². The molecule has 0 aliphatic carbocycles. The second kappa shape index (κ2) is 5.48. The maximum atomic E-state index is 12.0. The minimum absolute atomic E-state index is 0.00345. The molecule has 0 aliphatic heterocycles. The summed E-state index contributed by atoms with van der Waals surface area (Å²) in [6.45, 7) is 0.273. The molecule has 2 aromatic rings. The third kappa shape index (κ3) is 3.46. The molecule has 1 N–H and O–H groups in total. The van der Waals surface area contributed by atoms with Crippen LogP contribution in [0.3, 0.4) is 0 Å². The highest BCUT2D eigenvalue weighted by Crippen LogP contribution is 2.22. The standard InChI is InChI=1S/C12H12F3N3O2/c13-12(14,15)5-1-2-6-18-10-7-8(11(19)20)3-4-9(10)16-17-18/h3-4,7H,1-2,5-6H2,(H,19,20). The Morgan fingerprint density at radius 1 is 1.30 bits per heavy atom. The summed E-state index contributed by atoms with van der Waals surface area (Å²) in [5, 5.41) is 16.6. The van der Waals surface area contributed by atoms with Gasteiger partial charge in [0, 0.05) is 13.0 Å². The fourth-order valence-corrected chi connectivity index (χ4v) is 1.85. The van der Waals surface area contributed by atoms with Gasteiger partial charge >= 0.3 is 12.1 Å². The first-order valence-electron chi connectivity index (χ1n) is 6.00. The summed E-state index contributed by atoms with van der Waals surface area (Å²) in [5.74, 6) is -1.07. The monoisotopic (exact) mass is 287 g/mol. The van der Waals surface area contributed by atoms with Crippen molar-refractivity contribution in [1.82, 2.24) is 15.0 Å². The molecule has 1 aromatic heterocycles. The lowest BCUT2D eigenvalue weighted by Gasteiger charge is -2.06. The van der Waals surface area contributed by atoms with Gasteiger partial charge in [-0.25, -0.2) is 9.48 Å². The first kappa shape index (κ1) is 14.3. The normalized spacial score (nSPS) is 11.9. The van der Waals surface area contributed by atoms with Gasteiger partial charge in [0.1, 0.15) is 5.52 Å². The largest absolute Gasteiger partial charge is 0.478 e. The van der Waals surface area contributed by atoms with Crippen LogP contribution in [0.15, 0.2) is 18.2 Å². The molecule has 0 unspecified atom stereocenters. The minimum Gasteiger partial charge on any atom is -0.478 e. The van der Waals surface area contributed by atoms with Crippen LogP contribution in [-0.2, 0) is 6.54 Å². The van der Waals surface area contributed by atoms with Crippen LogP contribution in [0.25, 0.3) is 11.0 Å². The van der Waals surface area contributed by atoms with Gasteiger partial charge < -0.3 is 5.11 Å². The predicted octanol–water partition coefficient (Wildman–Crippen LogP) is 2.86. The molecule has 0 fully saturated rings. The van der Waals surface area contributed by atoms with Gasteiger partial charge in [-0.3, -0.25) is 0 Å². The molecule has 2 rings (SSSR count). The number of halogens is 3. The molecule has 108 valence electrons. The smallest absolute Gasteiger partial charge is 0.389 e. The van der Waals surface area contributed by atoms with Crippen molar-refractivity contribution in [2.24, 2.45) is 0 Å². The van der Waals surface area contributed by atoms with Gasteiger partial charge in [0.15, 0.2) is 0 Å². The molecule has 8 heteroatoms. The molecule has 0 amide bonds. The Hall–Kier alpha value is -2.12. The summed E-state index contributed by atoms with van der Waals surface area (Å²) in [6.07, 6.45) is -4.68. The second-order valence-corrected chi connectivity index (χ2v) is 4.39. The van der Waals surface area contributed by atoms with Crippen molar-refractivity contribution in [2.75, 3.05) is 0 Å². The number of rotatable bonds is 5. The number of nitrogens with zero attached hydrogens (tertiary/aromatic N) is 3. The highest BCUT2D eigenvalue weighted by molar-refractivity contribution is 5.92. The lowest BCUT2D eigenvalue weighted by Crippen LogP contribution is -2.08. The van der Waals surface area contributed by atoms with Crippen molar-refractivity contribution in [3.63, 3.8) is 0 Å². The van der Waals surface area contributed by atoms with Crippen LogP contribution in [0.2, 0.25) is 0 Å². The summed E-state index contributed by atoms with van der Waals surface area (Å²) in [5.41, 5.74) is 1.12. The van der Waals surface area contributed by atoms with E-state index in [0.29, 0.717) is 17.5 Å². The van der Waals surface area contributed by atoms with E-state index in [1.807, 2.05) is 0 Å². The van der Waals surface area contributed by atoms with Gasteiger partial charge in [0.2, 0.25) is 0 Å². The van der Waals surface area contributed by atoms with Crippen LogP contribution in [0.5, 0.6) is 0 Å². The molecule has 0 aliphatic rings. The number of carboxylic acid groups (broad SMARTS) is 1. The first-order valence-corrected chi connectivity index (χ1v) is 6.00. The third-order valence-electron chi connectivity index (χ3n) is 2.84. The second-order valence-electron chi connectivity index (χ2n) is 4.39. The Kier molecular flexibility index (Phi) is 3.91. The number of fused-ring (bicyclic) bond motifs is 1. The van der Waals surface area contributed by atoms with E-state index >= 15 is 0 Å². The van der Waals surface area contributed by atoms with Crippen LogP contribution >= 0.6 is 0 Å². The Morgan fingerprint density at radius 2 is 2.05 bits per heavy atom. The average molecular weight is 287 g/mol. The Bertz CT molecular complexity index is 622. The lowest BCUT2D eigenvalue weighted by atomic mass is 10.2. The molecule has 0 saturated carbocycles. The summed E-state index contributed by atoms with van der Waals surface area (Å²) in [4.78, 5) is 10.9. The number of aromatic nitrogens is 3. The average Bonchev–Trinajstić information content (AvgIpc) is 2.76. The fraction of sp³-hybridized carbons (Fsp3) is 0.417. The molecule has 1 heterocycles. The molecule has 5 nitrogen and oxygen atoms in total. The van der Waals surface area contributed by atoms with Crippen LogP contribution in [0, 0.1) is 0 Å². The van der Waals surface area contributed by atoms with Gasteiger partial charge in [-0.15, -0.1) is 5.10 Å². The van der Waals surface area contributed by atoms with E-state index in [1.165, 1.54) is 22.9 Å². The maximum Gasteiger partial charge on any atom is 0.389 e. The molecular weight excluding hydrogens is 275 g/mol. The number of unbranched alkanes of at least 4 members (excludes halogenated alkanes) is 1. The van der Waals surface area contributed by atoms with Crippen LogP contribution < -0.4 is 0 Å². The highest BCUT2D eigenvalue weighted by atomic mass is 19.4.